The first-order valence-corrected chi connectivity index (χ1v) is 8.17. The molecular weight excluding hydrogens is 334 g/mol. The molecule has 120 valence electrons. The van der Waals surface area contributed by atoms with Crippen molar-refractivity contribution in [3.05, 3.63) is 27.7 Å². The molecule has 4 nitrogen and oxygen atoms in total. The van der Waals surface area contributed by atoms with Crippen LogP contribution in [0.5, 0.6) is 5.75 Å². The van der Waals surface area contributed by atoms with Crippen molar-refractivity contribution in [3.63, 3.8) is 0 Å². The summed E-state index contributed by atoms with van der Waals surface area (Å²) in [5.74, 6) is 0.972. The minimum atomic E-state index is 0.674. The molecule has 0 fully saturated rings. The minimum absolute atomic E-state index is 0.674. The molecule has 5 heteroatoms. The van der Waals surface area contributed by atoms with Crippen LogP contribution in [0, 0.1) is 6.92 Å². The van der Waals surface area contributed by atoms with Gasteiger partial charge in [0.05, 0.1) is 13.2 Å². The van der Waals surface area contributed by atoms with Crippen LogP contribution >= 0.6 is 15.9 Å². The monoisotopic (exact) mass is 359 g/mol. The molecule has 21 heavy (non-hydrogen) atoms. The number of nitrogens with one attached hydrogen (secondary N) is 1. The smallest absolute Gasteiger partial charge is 0.126 e. The van der Waals surface area contributed by atoms with Crippen LogP contribution in [0.4, 0.5) is 0 Å². The normalized spacial score (nSPS) is 10.9. The molecule has 0 amide bonds. The molecule has 0 unspecified atom stereocenters. The maximum absolute atomic E-state index is 5.95. The molecule has 1 aromatic rings. The second-order valence-electron chi connectivity index (χ2n) is 4.78. The van der Waals surface area contributed by atoms with Gasteiger partial charge in [-0.05, 0) is 31.5 Å². The average Bonchev–Trinajstić information content (AvgIpc) is 2.45. The molecular formula is C16H26BrNO3. The lowest BCUT2D eigenvalue weighted by atomic mass is 10.1. The van der Waals surface area contributed by atoms with Crippen molar-refractivity contribution in [2.24, 2.45) is 0 Å². The number of rotatable bonds is 11. The van der Waals surface area contributed by atoms with Gasteiger partial charge < -0.3 is 19.5 Å². The summed E-state index contributed by atoms with van der Waals surface area (Å²) in [7, 11) is 1.71. The van der Waals surface area contributed by atoms with Crippen LogP contribution in [0.25, 0.3) is 0 Å². The van der Waals surface area contributed by atoms with Crippen LogP contribution in [0.15, 0.2) is 16.6 Å². The summed E-state index contributed by atoms with van der Waals surface area (Å²) in [6.07, 6.45) is 0.903. The summed E-state index contributed by atoms with van der Waals surface area (Å²) in [6.45, 7) is 8.55. The first kappa shape index (κ1) is 18.4. The van der Waals surface area contributed by atoms with E-state index in [2.05, 4.69) is 40.3 Å². The summed E-state index contributed by atoms with van der Waals surface area (Å²) in [5.41, 5.74) is 2.30. The van der Waals surface area contributed by atoms with E-state index in [0.29, 0.717) is 13.2 Å². The predicted molar refractivity (Wildman–Crippen MR) is 89.1 cm³/mol. The van der Waals surface area contributed by atoms with E-state index in [1.807, 2.05) is 6.92 Å². The molecule has 0 aliphatic carbocycles. The molecule has 0 saturated heterocycles. The summed E-state index contributed by atoms with van der Waals surface area (Å²) >= 11 is 3.54. The average molecular weight is 360 g/mol. The first-order chi connectivity index (χ1) is 10.2. The Hall–Kier alpha value is -0.620. The second kappa shape index (κ2) is 11.0. The van der Waals surface area contributed by atoms with Gasteiger partial charge in [-0.3, -0.25) is 0 Å². The molecule has 0 saturated carbocycles. The molecule has 0 bridgehead atoms. The first-order valence-electron chi connectivity index (χ1n) is 7.38. The van der Waals surface area contributed by atoms with Gasteiger partial charge in [0.25, 0.3) is 0 Å². The van der Waals surface area contributed by atoms with E-state index in [-0.39, 0.29) is 0 Å². The fraction of sp³-hybridized carbons (Fsp3) is 0.625. The van der Waals surface area contributed by atoms with Crippen LogP contribution in [-0.2, 0) is 16.0 Å². The SMILES string of the molecule is CCOCCCOc1c(C)cc(Br)cc1CNCCOC. The Kier molecular flexibility index (Phi) is 9.67. The number of aryl methyl sites for hydroxylation is 1. The Morgan fingerprint density at radius 3 is 2.71 bits per heavy atom. The van der Waals surface area contributed by atoms with Crippen molar-refractivity contribution in [1.82, 2.24) is 5.32 Å². The fourth-order valence-corrected chi connectivity index (χ4v) is 2.63. The molecule has 0 atom stereocenters. The van der Waals surface area contributed by atoms with Crippen molar-refractivity contribution in [2.45, 2.75) is 26.8 Å². The Morgan fingerprint density at radius 1 is 1.19 bits per heavy atom. The van der Waals surface area contributed by atoms with Crippen molar-refractivity contribution in [1.29, 1.82) is 0 Å². The molecule has 1 aromatic carbocycles. The van der Waals surface area contributed by atoms with Crippen molar-refractivity contribution in [3.8, 4) is 5.75 Å². The molecule has 0 radical (unpaired) electrons. The van der Waals surface area contributed by atoms with Crippen LogP contribution in [0.2, 0.25) is 0 Å². The van der Waals surface area contributed by atoms with Crippen LogP contribution in [-0.4, -0.2) is 40.1 Å². The van der Waals surface area contributed by atoms with Gasteiger partial charge in [-0.25, -0.2) is 0 Å². The van der Waals surface area contributed by atoms with Crippen molar-refractivity contribution < 1.29 is 14.2 Å². The van der Waals surface area contributed by atoms with E-state index in [0.717, 1.165) is 54.1 Å². The number of halogens is 1. The zero-order valence-electron chi connectivity index (χ0n) is 13.2. The quantitative estimate of drug-likeness (QED) is 0.615. The molecule has 0 aliphatic heterocycles. The van der Waals surface area contributed by atoms with Crippen LogP contribution in [0.3, 0.4) is 0 Å². The summed E-state index contributed by atoms with van der Waals surface area (Å²) in [6, 6.07) is 4.18. The predicted octanol–water partition coefficient (Wildman–Crippen LogP) is 3.30. The Labute approximate surface area is 136 Å². The number of ether oxygens (including phenoxy) is 3. The number of benzene rings is 1. The van der Waals surface area contributed by atoms with E-state index in [1.54, 1.807) is 7.11 Å². The highest BCUT2D eigenvalue weighted by Gasteiger charge is 2.09. The zero-order valence-corrected chi connectivity index (χ0v) is 14.8. The molecule has 0 aliphatic rings. The maximum atomic E-state index is 5.95. The van der Waals surface area contributed by atoms with Gasteiger partial charge >= 0.3 is 0 Å². The van der Waals surface area contributed by atoms with Gasteiger partial charge in [-0.1, -0.05) is 15.9 Å². The number of hydrogen-bond acceptors (Lipinski definition) is 4. The lowest BCUT2D eigenvalue weighted by Gasteiger charge is -2.15. The second-order valence-corrected chi connectivity index (χ2v) is 5.70. The number of methoxy groups -OCH3 is 1. The van der Waals surface area contributed by atoms with E-state index in [4.69, 9.17) is 14.2 Å². The third-order valence-electron chi connectivity index (χ3n) is 3.00. The zero-order chi connectivity index (χ0) is 15.5. The van der Waals surface area contributed by atoms with Gasteiger partial charge in [0.15, 0.2) is 0 Å². The maximum Gasteiger partial charge on any atom is 0.126 e. The highest BCUT2D eigenvalue weighted by molar-refractivity contribution is 9.10. The highest BCUT2D eigenvalue weighted by Crippen LogP contribution is 2.28. The summed E-state index contributed by atoms with van der Waals surface area (Å²) < 4.78 is 17.4. The molecule has 0 heterocycles. The molecule has 1 rings (SSSR count). The van der Waals surface area contributed by atoms with Gasteiger partial charge in [-0.15, -0.1) is 0 Å². The molecule has 1 N–H and O–H groups in total. The van der Waals surface area contributed by atoms with E-state index < -0.39 is 0 Å². The van der Waals surface area contributed by atoms with Gasteiger partial charge in [0.1, 0.15) is 5.75 Å². The topological polar surface area (TPSA) is 39.7 Å². The number of hydrogen-bond donors (Lipinski definition) is 1. The Bertz CT molecular complexity index is 413. The molecule has 0 aromatic heterocycles. The lowest BCUT2D eigenvalue weighted by molar-refractivity contribution is 0.130. The van der Waals surface area contributed by atoms with Crippen molar-refractivity contribution >= 4 is 15.9 Å². The Balaban J connectivity index is 2.57. The van der Waals surface area contributed by atoms with E-state index in [9.17, 15) is 0 Å². The van der Waals surface area contributed by atoms with E-state index in [1.165, 1.54) is 0 Å². The Morgan fingerprint density at radius 2 is 2.00 bits per heavy atom. The van der Waals surface area contributed by atoms with E-state index >= 15 is 0 Å². The lowest BCUT2D eigenvalue weighted by Crippen LogP contribution is -2.19. The summed E-state index contributed by atoms with van der Waals surface area (Å²) in [5, 5.41) is 3.36. The third-order valence-corrected chi connectivity index (χ3v) is 3.46. The highest BCUT2D eigenvalue weighted by atomic mass is 79.9. The molecule has 0 spiro atoms. The van der Waals surface area contributed by atoms with Gasteiger partial charge in [0, 0.05) is 49.9 Å². The largest absolute Gasteiger partial charge is 0.493 e. The van der Waals surface area contributed by atoms with Crippen LogP contribution < -0.4 is 10.1 Å². The van der Waals surface area contributed by atoms with Crippen LogP contribution in [0.1, 0.15) is 24.5 Å². The van der Waals surface area contributed by atoms with Gasteiger partial charge in [-0.2, -0.15) is 0 Å². The fourth-order valence-electron chi connectivity index (χ4n) is 2.01. The summed E-state index contributed by atoms with van der Waals surface area (Å²) in [4.78, 5) is 0. The van der Waals surface area contributed by atoms with Crippen molar-refractivity contribution in [2.75, 3.05) is 40.1 Å². The standard InChI is InChI=1S/C16H26BrNO3/c1-4-20-7-5-8-21-16-13(2)10-15(17)11-14(16)12-18-6-9-19-3/h10-11,18H,4-9,12H2,1-3H3. The third kappa shape index (κ3) is 7.27. The minimum Gasteiger partial charge on any atom is -0.493 e. The van der Waals surface area contributed by atoms with Gasteiger partial charge in [0.2, 0.25) is 0 Å².